The Bertz CT molecular complexity index is 890. The van der Waals surface area contributed by atoms with E-state index >= 15 is 4.39 Å². The van der Waals surface area contributed by atoms with Gasteiger partial charge in [0.1, 0.15) is 11.8 Å². The average molecular weight is 498 g/mol. The summed E-state index contributed by atoms with van der Waals surface area (Å²) in [5.41, 5.74) is -3.40. The van der Waals surface area contributed by atoms with Gasteiger partial charge in [-0.15, -0.1) is 34.8 Å². The van der Waals surface area contributed by atoms with Gasteiger partial charge in [-0.05, 0) is 48.7 Å². The number of aliphatic hydroxyl groups is 1. The molecule has 9 atom stereocenters. The lowest BCUT2D eigenvalue weighted by atomic mass is 9.46. The van der Waals surface area contributed by atoms with Gasteiger partial charge in [-0.2, -0.15) is 0 Å². The Morgan fingerprint density at radius 1 is 1.30 bits per heavy atom. The van der Waals surface area contributed by atoms with Crippen molar-refractivity contribution in [3.8, 4) is 0 Å². The lowest BCUT2D eigenvalue weighted by molar-refractivity contribution is -0.163. The fourth-order valence-electron chi connectivity index (χ4n) is 7.26. The molecule has 166 valence electrons. The molecular weight excluding hydrogens is 473 g/mol. The minimum Gasteiger partial charge on any atom is -0.381 e. The second kappa shape index (κ2) is 6.93. The SMILES string of the molecule is CC1C[C@H]2[C@@H]3CC(F)C4=C(Cl)C(=O)C=C[C@]4(C)[C@@]3(Cl)C(Cl)C[C@]2(C)[C@@]1(O)C(=O)CCl. The first-order valence-corrected chi connectivity index (χ1v) is 12.0. The van der Waals surface area contributed by atoms with Crippen LogP contribution in [0.15, 0.2) is 22.8 Å². The van der Waals surface area contributed by atoms with Gasteiger partial charge in [0.25, 0.3) is 0 Å². The molecule has 3 fully saturated rings. The maximum absolute atomic E-state index is 15.6. The van der Waals surface area contributed by atoms with E-state index in [-0.39, 0.29) is 41.2 Å². The Kier molecular flexibility index (Phi) is 5.33. The molecule has 30 heavy (non-hydrogen) atoms. The Hall–Kier alpha value is -0.130. The summed E-state index contributed by atoms with van der Waals surface area (Å²) in [7, 11) is 0. The van der Waals surface area contributed by atoms with E-state index in [1.807, 2.05) is 13.8 Å². The van der Waals surface area contributed by atoms with E-state index in [0.29, 0.717) is 6.42 Å². The van der Waals surface area contributed by atoms with Gasteiger partial charge in [-0.1, -0.05) is 38.4 Å². The molecule has 3 unspecified atom stereocenters. The lowest BCUT2D eigenvalue weighted by Crippen LogP contribution is -2.69. The number of rotatable bonds is 2. The predicted molar refractivity (Wildman–Crippen MR) is 117 cm³/mol. The molecule has 0 radical (unpaired) electrons. The summed E-state index contributed by atoms with van der Waals surface area (Å²) in [5.74, 6) is -2.20. The van der Waals surface area contributed by atoms with Crippen LogP contribution in [-0.2, 0) is 9.59 Å². The van der Waals surface area contributed by atoms with Gasteiger partial charge >= 0.3 is 0 Å². The van der Waals surface area contributed by atoms with E-state index in [9.17, 15) is 14.7 Å². The van der Waals surface area contributed by atoms with E-state index in [0.717, 1.165) is 0 Å². The zero-order valence-corrected chi connectivity index (χ0v) is 20.0. The van der Waals surface area contributed by atoms with Crippen LogP contribution >= 0.6 is 46.4 Å². The van der Waals surface area contributed by atoms with Crippen LogP contribution in [0.2, 0.25) is 0 Å². The number of halogens is 5. The van der Waals surface area contributed by atoms with Gasteiger partial charge in [0.2, 0.25) is 0 Å². The monoisotopic (exact) mass is 496 g/mol. The molecule has 3 saturated carbocycles. The molecule has 0 aromatic carbocycles. The number of hydrogen-bond donors (Lipinski definition) is 1. The zero-order chi connectivity index (χ0) is 22.4. The van der Waals surface area contributed by atoms with Crippen molar-refractivity contribution in [3.05, 3.63) is 22.8 Å². The molecule has 1 N–H and O–H groups in total. The molecule has 4 rings (SSSR count). The number of hydrogen-bond acceptors (Lipinski definition) is 3. The molecule has 4 aliphatic rings. The summed E-state index contributed by atoms with van der Waals surface area (Å²) < 4.78 is 15.6. The van der Waals surface area contributed by atoms with Crippen LogP contribution in [0.5, 0.6) is 0 Å². The maximum atomic E-state index is 15.6. The fourth-order valence-corrected chi connectivity index (χ4v) is 9.04. The van der Waals surface area contributed by atoms with Gasteiger partial charge in [0, 0.05) is 10.8 Å². The molecule has 8 heteroatoms. The van der Waals surface area contributed by atoms with Crippen LogP contribution in [0.1, 0.15) is 40.0 Å². The highest BCUT2D eigenvalue weighted by Crippen LogP contribution is 2.72. The standard InChI is InChI=1S/C22H25Cl4FO3/c1-10-6-11-12-7-13(27)17-18(25)14(28)4-5-19(17,2)21(12,26)15(24)8-20(11,3)22(10,30)16(29)9-23/h4-5,10-13,15,30H,6-9H2,1-3H3/t10?,11-,12-,13?,15?,19-,20-,21-,22-/m0/s1. The van der Waals surface area contributed by atoms with E-state index in [4.69, 9.17) is 46.4 Å². The van der Waals surface area contributed by atoms with Crippen molar-refractivity contribution in [2.45, 2.75) is 62.1 Å². The third kappa shape index (κ3) is 2.44. The van der Waals surface area contributed by atoms with Gasteiger partial charge in [0.15, 0.2) is 11.6 Å². The van der Waals surface area contributed by atoms with Gasteiger partial charge in [-0.3, -0.25) is 9.59 Å². The van der Waals surface area contributed by atoms with Crippen molar-refractivity contribution in [3.63, 3.8) is 0 Å². The summed E-state index contributed by atoms with van der Waals surface area (Å²) in [5, 5.41) is 10.8. The van der Waals surface area contributed by atoms with E-state index in [1.165, 1.54) is 6.08 Å². The van der Waals surface area contributed by atoms with Crippen LogP contribution in [0.25, 0.3) is 0 Å². The second-order valence-corrected chi connectivity index (χ2v) is 11.7. The number of fused-ring (bicyclic) bond motifs is 5. The highest BCUT2D eigenvalue weighted by molar-refractivity contribution is 6.45. The second-order valence-electron chi connectivity index (χ2n) is 9.86. The largest absolute Gasteiger partial charge is 0.381 e. The number of ketones is 2. The summed E-state index contributed by atoms with van der Waals surface area (Å²) in [6.45, 7) is 5.46. The first-order valence-electron chi connectivity index (χ1n) is 10.2. The first kappa shape index (κ1) is 23.0. The third-order valence-electron chi connectivity index (χ3n) is 8.79. The van der Waals surface area contributed by atoms with Crippen molar-refractivity contribution in [1.29, 1.82) is 0 Å². The summed E-state index contributed by atoms with van der Waals surface area (Å²) >= 11 is 26.4. The molecule has 3 nitrogen and oxygen atoms in total. The summed E-state index contributed by atoms with van der Waals surface area (Å²) in [6, 6.07) is 0. The molecule has 4 aliphatic carbocycles. The number of alkyl halides is 4. The number of Topliss-reactive ketones (excluding diaryl/α,β-unsaturated/α-hetero) is 1. The minimum absolute atomic E-state index is 0.0348. The van der Waals surface area contributed by atoms with Crippen molar-refractivity contribution in [2.75, 3.05) is 5.88 Å². The molecule has 0 saturated heterocycles. The smallest absolute Gasteiger partial charge is 0.196 e. The van der Waals surface area contributed by atoms with Crippen LogP contribution < -0.4 is 0 Å². The lowest BCUT2D eigenvalue weighted by Gasteiger charge is -2.64. The Morgan fingerprint density at radius 2 is 1.93 bits per heavy atom. The Balaban J connectivity index is 1.89. The number of carbonyl (C=O) groups excluding carboxylic acids is 2. The summed E-state index contributed by atoms with van der Waals surface area (Å²) in [6.07, 6.45) is 2.32. The molecule has 0 aliphatic heterocycles. The average Bonchev–Trinajstić information content (AvgIpc) is 2.88. The van der Waals surface area contributed by atoms with Crippen molar-refractivity contribution in [2.24, 2.45) is 28.6 Å². The van der Waals surface area contributed by atoms with Crippen molar-refractivity contribution in [1.82, 2.24) is 0 Å². The van der Waals surface area contributed by atoms with Crippen molar-refractivity contribution >= 4 is 58.0 Å². The molecular formula is C22H25Cl4FO3. The molecule has 0 amide bonds. The van der Waals surface area contributed by atoms with Crippen molar-refractivity contribution < 1.29 is 19.1 Å². The molecule has 0 spiro atoms. The molecule has 0 heterocycles. The maximum Gasteiger partial charge on any atom is 0.196 e. The molecule has 0 bridgehead atoms. The van der Waals surface area contributed by atoms with Gasteiger partial charge < -0.3 is 5.11 Å². The van der Waals surface area contributed by atoms with E-state index in [1.54, 1.807) is 13.0 Å². The number of carbonyl (C=O) groups is 2. The van der Waals surface area contributed by atoms with E-state index < -0.39 is 50.3 Å². The summed E-state index contributed by atoms with van der Waals surface area (Å²) in [4.78, 5) is 23.8. The van der Waals surface area contributed by atoms with Gasteiger partial charge in [-0.25, -0.2) is 4.39 Å². The Labute approximate surface area is 195 Å². The molecule has 0 aromatic rings. The zero-order valence-electron chi connectivity index (χ0n) is 17.0. The highest BCUT2D eigenvalue weighted by Gasteiger charge is 2.75. The fraction of sp³-hybridized carbons (Fsp3) is 0.727. The normalized spacial score (nSPS) is 52.7. The quantitative estimate of drug-likeness (QED) is 0.535. The minimum atomic E-state index is -1.65. The van der Waals surface area contributed by atoms with Crippen LogP contribution in [0.3, 0.4) is 0 Å². The Morgan fingerprint density at radius 3 is 2.53 bits per heavy atom. The topological polar surface area (TPSA) is 54.4 Å². The third-order valence-corrected chi connectivity index (χ3v) is 11.0. The molecule has 0 aromatic heterocycles. The van der Waals surface area contributed by atoms with Crippen LogP contribution in [0.4, 0.5) is 4.39 Å². The van der Waals surface area contributed by atoms with E-state index in [2.05, 4.69) is 0 Å². The predicted octanol–water partition coefficient (Wildman–Crippen LogP) is 5.17. The first-order chi connectivity index (χ1) is 13.8. The van der Waals surface area contributed by atoms with Crippen LogP contribution in [0, 0.1) is 28.6 Å². The van der Waals surface area contributed by atoms with Crippen LogP contribution in [-0.4, -0.2) is 44.6 Å². The highest BCUT2D eigenvalue weighted by atomic mass is 35.5. The van der Waals surface area contributed by atoms with Gasteiger partial charge in [0.05, 0.1) is 21.2 Å². The number of allylic oxidation sites excluding steroid dienone is 4.